The summed E-state index contributed by atoms with van der Waals surface area (Å²) in [5.41, 5.74) is 0.534. The molecule has 1 amide bonds. The van der Waals surface area contributed by atoms with E-state index in [9.17, 15) is 9.59 Å². The molecule has 120 valence electrons. The third-order valence-corrected chi connectivity index (χ3v) is 2.62. The number of ether oxygens (including phenoxy) is 2. The minimum Gasteiger partial charge on any atom is -0.460 e. The average Bonchev–Trinajstić information content (AvgIpc) is 2.41. The number of hydrogen-bond donors (Lipinski definition) is 1. The van der Waals surface area contributed by atoms with Crippen LogP contribution in [0.5, 0.6) is 0 Å². The van der Waals surface area contributed by atoms with Gasteiger partial charge in [-0.15, -0.1) is 0 Å². The molecular formula is C17H23NO4. The molecule has 0 aromatic heterocycles. The van der Waals surface area contributed by atoms with Gasteiger partial charge < -0.3 is 14.8 Å². The first-order chi connectivity index (χ1) is 10.2. The van der Waals surface area contributed by atoms with Crippen LogP contribution < -0.4 is 5.32 Å². The third kappa shape index (κ3) is 6.43. The lowest BCUT2D eigenvalue weighted by molar-refractivity contribution is -0.139. The molecule has 1 aromatic rings. The second-order valence-corrected chi connectivity index (χ2v) is 5.99. The normalized spacial score (nSPS) is 12.2. The van der Waals surface area contributed by atoms with Gasteiger partial charge in [-0.1, -0.05) is 36.9 Å². The summed E-state index contributed by atoms with van der Waals surface area (Å²) >= 11 is 0. The Morgan fingerprint density at radius 2 is 1.82 bits per heavy atom. The van der Waals surface area contributed by atoms with E-state index in [4.69, 9.17) is 9.47 Å². The van der Waals surface area contributed by atoms with Crippen molar-refractivity contribution in [1.29, 1.82) is 0 Å². The SMILES string of the molecule is C=C(C)C(=O)OC[C@H](NC(=O)OC(C)(C)C)c1ccccc1. The lowest BCUT2D eigenvalue weighted by atomic mass is 10.1. The Kier molecular flexibility index (Phi) is 6.16. The van der Waals surface area contributed by atoms with E-state index in [-0.39, 0.29) is 6.61 Å². The zero-order valence-corrected chi connectivity index (χ0v) is 13.5. The fourth-order valence-corrected chi connectivity index (χ4v) is 1.64. The van der Waals surface area contributed by atoms with Crippen LogP contribution in [-0.4, -0.2) is 24.3 Å². The van der Waals surface area contributed by atoms with Crippen LogP contribution in [0, 0.1) is 0 Å². The Bertz CT molecular complexity index is 531. The molecule has 22 heavy (non-hydrogen) atoms. The number of esters is 1. The van der Waals surface area contributed by atoms with Crippen molar-refractivity contribution >= 4 is 12.1 Å². The summed E-state index contributed by atoms with van der Waals surface area (Å²) in [7, 11) is 0. The number of benzene rings is 1. The van der Waals surface area contributed by atoms with Crippen molar-refractivity contribution in [3.8, 4) is 0 Å². The number of hydrogen-bond acceptors (Lipinski definition) is 4. The van der Waals surface area contributed by atoms with E-state index >= 15 is 0 Å². The molecule has 1 rings (SSSR count). The van der Waals surface area contributed by atoms with Gasteiger partial charge in [-0.25, -0.2) is 9.59 Å². The highest BCUT2D eigenvalue weighted by atomic mass is 16.6. The monoisotopic (exact) mass is 305 g/mol. The molecule has 0 heterocycles. The van der Waals surface area contributed by atoms with Crippen molar-refractivity contribution in [2.24, 2.45) is 0 Å². The molecule has 0 spiro atoms. The van der Waals surface area contributed by atoms with Crippen molar-refractivity contribution in [2.45, 2.75) is 39.3 Å². The summed E-state index contributed by atoms with van der Waals surface area (Å²) in [6, 6.07) is 8.76. The van der Waals surface area contributed by atoms with Crippen molar-refractivity contribution in [1.82, 2.24) is 5.32 Å². The van der Waals surface area contributed by atoms with E-state index in [1.54, 1.807) is 27.7 Å². The Labute approximate surface area is 131 Å². The van der Waals surface area contributed by atoms with Gasteiger partial charge in [0.25, 0.3) is 0 Å². The van der Waals surface area contributed by atoms with Crippen LogP contribution >= 0.6 is 0 Å². The van der Waals surface area contributed by atoms with Crippen molar-refractivity contribution in [3.05, 3.63) is 48.0 Å². The third-order valence-electron chi connectivity index (χ3n) is 2.62. The molecule has 0 bridgehead atoms. The maximum atomic E-state index is 11.9. The summed E-state index contributed by atoms with van der Waals surface area (Å²) in [6.07, 6.45) is -0.562. The Morgan fingerprint density at radius 1 is 1.23 bits per heavy atom. The van der Waals surface area contributed by atoms with Crippen LogP contribution in [0.15, 0.2) is 42.5 Å². The van der Waals surface area contributed by atoms with Crippen molar-refractivity contribution in [2.75, 3.05) is 6.61 Å². The molecule has 1 atom stereocenters. The van der Waals surface area contributed by atoms with Gasteiger partial charge >= 0.3 is 12.1 Å². The molecule has 0 radical (unpaired) electrons. The molecule has 0 aliphatic rings. The lowest BCUT2D eigenvalue weighted by Crippen LogP contribution is -2.37. The van der Waals surface area contributed by atoms with Crippen LogP contribution in [0.3, 0.4) is 0 Å². The largest absolute Gasteiger partial charge is 0.460 e. The molecule has 5 nitrogen and oxygen atoms in total. The quantitative estimate of drug-likeness (QED) is 0.669. The number of carbonyl (C=O) groups is 2. The zero-order chi connectivity index (χ0) is 16.8. The summed E-state index contributed by atoms with van der Waals surface area (Å²) < 4.78 is 10.4. The standard InChI is InChI=1S/C17H23NO4/c1-12(2)15(19)21-11-14(13-9-7-6-8-10-13)18-16(20)22-17(3,4)5/h6-10,14H,1,11H2,2-5H3,(H,18,20)/t14-/m0/s1. The zero-order valence-electron chi connectivity index (χ0n) is 13.5. The highest BCUT2D eigenvalue weighted by Crippen LogP contribution is 2.15. The predicted molar refractivity (Wildman–Crippen MR) is 84.3 cm³/mol. The first-order valence-corrected chi connectivity index (χ1v) is 7.06. The molecule has 1 N–H and O–H groups in total. The second-order valence-electron chi connectivity index (χ2n) is 5.99. The minimum atomic E-state index is -0.598. The molecular weight excluding hydrogens is 282 g/mol. The summed E-state index contributed by atoms with van der Waals surface area (Å²) in [6.45, 7) is 10.5. The molecule has 0 fully saturated rings. The van der Waals surface area contributed by atoms with Gasteiger partial charge in [0.1, 0.15) is 12.2 Å². The molecule has 5 heteroatoms. The number of nitrogens with one attached hydrogen (secondary N) is 1. The first kappa shape index (κ1) is 17.8. The van der Waals surface area contributed by atoms with Crippen LogP contribution in [-0.2, 0) is 14.3 Å². The number of amides is 1. The Balaban J connectivity index is 2.77. The molecule has 1 aromatic carbocycles. The van der Waals surface area contributed by atoms with Crippen LogP contribution in [0.2, 0.25) is 0 Å². The first-order valence-electron chi connectivity index (χ1n) is 7.06. The molecule has 0 aliphatic carbocycles. The van der Waals surface area contributed by atoms with Crippen LogP contribution in [0.4, 0.5) is 4.79 Å². The number of carbonyl (C=O) groups excluding carboxylic acids is 2. The van der Waals surface area contributed by atoms with Gasteiger partial charge in [0.15, 0.2) is 0 Å². The van der Waals surface area contributed by atoms with E-state index in [1.807, 2.05) is 30.3 Å². The Hall–Kier alpha value is -2.30. The highest BCUT2D eigenvalue weighted by Gasteiger charge is 2.21. The summed E-state index contributed by atoms with van der Waals surface area (Å²) in [5.74, 6) is -0.494. The molecule has 0 aliphatic heterocycles. The smallest absolute Gasteiger partial charge is 0.408 e. The second kappa shape index (κ2) is 7.64. The van der Waals surface area contributed by atoms with Gasteiger partial charge in [-0.2, -0.15) is 0 Å². The van der Waals surface area contributed by atoms with Gasteiger partial charge in [-0.3, -0.25) is 0 Å². The lowest BCUT2D eigenvalue weighted by Gasteiger charge is -2.23. The average molecular weight is 305 g/mol. The van der Waals surface area contributed by atoms with Gasteiger partial charge in [0.05, 0.1) is 6.04 Å². The van der Waals surface area contributed by atoms with Crippen molar-refractivity contribution < 1.29 is 19.1 Å². The number of alkyl carbamates (subject to hydrolysis) is 1. The number of rotatable bonds is 5. The van der Waals surface area contributed by atoms with Gasteiger partial charge in [-0.05, 0) is 33.3 Å². The van der Waals surface area contributed by atoms with Gasteiger partial charge in [0, 0.05) is 5.57 Å². The highest BCUT2D eigenvalue weighted by molar-refractivity contribution is 5.87. The minimum absolute atomic E-state index is 0.00888. The topological polar surface area (TPSA) is 64.6 Å². The van der Waals surface area contributed by atoms with Crippen LogP contribution in [0.1, 0.15) is 39.3 Å². The van der Waals surface area contributed by atoms with E-state index in [2.05, 4.69) is 11.9 Å². The van der Waals surface area contributed by atoms with E-state index < -0.39 is 23.7 Å². The maximum absolute atomic E-state index is 11.9. The van der Waals surface area contributed by atoms with Crippen molar-refractivity contribution in [3.63, 3.8) is 0 Å². The summed E-state index contributed by atoms with van der Waals surface area (Å²) in [4.78, 5) is 23.5. The van der Waals surface area contributed by atoms with Crippen LogP contribution in [0.25, 0.3) is 0 Å². The van der Waals surface area contributed by atoms with E-state index in [0.29, 0.717) is 5.57 Å². The van der Waals surface area contributed by atoms with E-state index in [0.717, 1.165) is 5.56 Å². The fourth-order valence-electron chi connectivity index (χ4n) is 1.64. The van der Waals surface area contributed by atoms with E-state index in [1.165, 1.54) is 0 Å². The van der Waals surface area contributed by atoms with Gasteiger partial charge in [0.2, 0.25) is 0 Å². The fraction of sp³-hybridized carbons (Fsp3) is 0.412. The molecule has 0 saturated carbocycles. The molecule has 0 saturated heterocycles. The summed E-state index contributed by atoms with van der Waals surface area (Å²) in [5, 5.41) is 2.72. The molecule has 0 unspecified atom stereocenters. The predicted octanol–water partition coefficient (Wildman–Crippen LogP) is 3.37. The Morgan fingerprint density at radius 3 is 2.32 bits per heavy atom. The maximum Gasteiger partial charge on any atom is 0.408 e.